The number of rotatable bonds is 4. The molecule has 0 spiro atoms. The maximum Gasteiger partial charge on any atom is 0.214 e. The number of sulfonamides is 1. The van der Waals surface area contributed by atoms with E-state index in [-0.39, 0.29) is 5.56 Å². The zero-order chi connectivity index (χ0) is 14.6. The van der Waals surface area contributed by atoms with Crippen molar-refractivity contribution in [3.8, 4) is 12.1 Å². The number of nitrogens with two attached hydrogens (primary N) is 1. The van der Waals surface area contributed by atoms with Crippen LogP contribution in [0.4, 0.5) is 0 Å². The van der Waals surface area contributed by atoms with E-state index in [4.69, 9.17) is 20.4 Å². The van der Waals surface area contributed by atoms with Crippen molar-refractivity contribution in [1.82, 2.24) is 0 Å². The van der Waals surface area contributed by atoms with E-state index in [0.29, 0.717) is 11.1 Å². The van der Waals surface area contributed by atoms with Crippen LogP contribution in [0.15, 0.2) is 18.2 Å². The molecule has 0 aliphatic rings. The number of nitrogens with zero attached hydrogens (tertiary/aromatic N) is 2. The molecule has 0 fully saturated rings. The summed E-state index contributed by atoms with van der Waals surface area (Å²) in [4.78, 5) is 0. The van der Waals surface area contributed by atoms with Crippen LogP contribution in [0.3, 0.4) is 0 Å². The van der Waals surface area contributed by atoms with E-state index >= 15 is 0 Å². The van der Waals surface area contributed by atoms with E-state index in [1.807, 2.05) is 12.1 Å². The lowest BCUT2D eigenvalue weighted by molar-refractivity contribution is 0.102. The first-order valence-corrected chi connectivity index (χ1v) is 6.94. The second kappa shape index (κ2) is 5.81. The molecular weight excluding hydrogens is 266 g/mol. The Bertz CT molecular complexity index is 656. The van der Waals surface area contributed by atoms with Gasteiger partial charge in [0.25, 0.3) is 0 Å². The van der Waals surface area contributed by atoms with Crippen molar-refractivity contribution in [2.75, 3.05) is 7.11 Å². The summed E-state index contributed by atoms with van der Waals surface area (Å²) in [5, 5.41) is 21.9. The van der Waals surface area contributed by atoms with Crippen molar-refractivity contribution in [2.45, 2.75) is 18.3 Å². The van der Waals surface area contributed by atoms with Crippen molar-refractivity contribution < 1.29 is 13.2 Å². The quantitative estimate of drug-likeness (QED) is 0.874. The zero-order valence-electron chi connectivity index (χ0n) is 10.5. The lowest BCUT2D eigenvalue weighted by Gasteiger charge is -2.22. The molecule has 0 radical (unpaired) electrons. The van der Waals surface area contributed by atoms with Crippen molar-refractivity contribution in [1.29, 1.82) is 10.5 Å². The van der Waals surface area contributed by atoms with E-state index in [9.17, 15) is 8.42 Å². The third-order valence-corrected chi connectivity index (χ3v) is 4.09. The molecule has 0 bridgehead atoms. The highest BCUT2D eigenvalue weighted by Gasteiger charge is 2.29. The summed E-state index contributed by atoms with van der Waals surface area (Å²) >= 11 is 0. The summed E-state index contributed by atoms with van der Waals surface area (Å²) in [5.41, 5.74) is 0.908. The normalized spacial score (nSPS) is 14.2. The number of nitriles is 2. The molecule has 100 valence electrons. The summed E-state index contributed by atoms with van der Waals surface area (Å²) < 4.78 is 27.9. The molecule has 0 saturated heterocycles. The second-order valence-electron chi connectivity index (χ2n) is 3.98. The minimum atomic E-state index is -3.80. The first-order valence-electron chi connectivity index (χ1n) is 5.33. The van der Waals surface area contributed by atoms with Crippen LogP contribution >= 0.6 is 0 Å². The van der Waals surface area contributed by atoms with Gasteiger partial charge in [-0.05, 0) is 24.6 Å². The fraction of sp³-hybridized carbons (Fsp3) is 0.333. The van der Waals surface area contributed by atoms with Crippen LogP contribution < -0.4 is 5.14 Å². The number of hydrogen-bond acceptors (Lipinski definition) is 5. The number of benzene rings is 1. The minimum Gasteiger partial charge on any atom is -0.375 e. The molecule has 0 aromatic heterocycles. The Labute approximate surface area is 112 Å². The van der Waals surface area contributed by atoms with Gasteiger partial charge < -0.3 is 4.74 Å². The van der Waals surface area contributed by atoms with Gasteiger partial charge in [0.2, 0.25) is 10.0 Å². The third kappa shape index (κ3) is 3.30. The van der Waals surface area contributed by atoms with Crippen LogP contribution in [-0.4, -0.2) is 20.8 Å². The van der Waals surface area contributed by atoms with Crippen LogP contribution in [0.5, 0.6) is 0 Å². The van der Waals surface area contributed by atoms with Crippen molar-refractivity contribution >= 4 is 10.0 Å². The molecule has 2 N–H and O–H groups in total. The number of hydrogen-bond donors (Lipinski definition) is 1. The molecule has 0 saturated carbocycles. The first-order chi connectivity index (χ1) is 8.85. The van der Waals surface area contributed by atoms with Crippen LogP contribution in [-0.2, 0) is 14.8 Å². The molecule has 2 atom stereocenters. The molecule has 0 unspecified atom stereocenters. The number of primary sulfonamides is 1. The highest BCUT2D eigenvalue weighted by Crippen LogP contribution is 2.27. The second-order valence-corrected chi connectivity index (χ2v) is 5.90. The average Bonchev–Trinajstić information content (AvgIpc) is 2.38. The SMILES string of the molecule is CO[C@H](c1ccc(C#N)cc1C#N)[C@@H](C)S(N)(=O)=O. The fourth-order valence-corrected chi connectivity index (χ4v) is 2.32. The molecule has 19 heavy (non-hydrogen) atoms. The average molecular weight is 279 g/mol. The van der Waals surface area contributed by atoms with Crippen LogP contribution in [0.25, 0.3) is 0 Å². The standard InChI is InChI=1S/C12H13N3O3S/c1-8(19(15,16)17)12(18-2)11-4-3-9(6-13)5-10(11)7-14/h3-5,8,12H,1-2H3,(H2,15,16,17)/t8-,12+/m1/s1. The monoisotopic (exact) mass is 279 g/mol. The summed E-state index contributed by atoms with van der Waals surface area (Å²) in [6.07, 6.45) is -0.864. The van der Waals surface area contributed by atoms with Crippen LogP contribution in [0.2, 0.25) is 0 Å². The molecule has 1 rings (SSSR count). The molecule has 6 nitrogen and oxygen atoms in total. The maximum absolute atomic E-state index is 11.4. The predicted octanol–water partition coefficient (Wildman–Crippen LogP) is 0.794. The van der Waals surface area contributed by atoms with Crippen LogP contribution in [0.1, 0.15) is 29.7 Å². The van der Waals surface area contributed by atoms with Crippen molar-refractivity contribution in [2.24, 2.45) is 5.14 Å². The highest BCUT2D eigenvalue weighted by molar-refractivity contribution is 7.89. The molecule has 1 aromatic rings. The highest BCUT2D eigenvalue weighted by atomic mass is 32.2. The lowest BCUT2D eigenvalue weighted by Crippen LogP contribution is -2.32. The van der Waals surface area contributed by atoms with Gasteiger partial charge in [0.05, 0.1) is 23.3 Å². The molecule has 0 heterocycles. The topological polar surface area (TPSA) is 117 Å². The van der Waals surface area contributed by atoms with Gasteiger partial charge in [0.15, 0.2) is 0 Å². The Hall–Kier alpha value is -1.93. The van der Waals surface area contributed by atoms with Gasteiger partial charge in [0, 0.05) is 7.11 Å². The van der Waals surface area contributed by atoms with E-state index in [1.54, 1.807) is 0 Å². The van der Waals surface area contributed by atoms with Gasteiger partial charge in [0.1, 0.15) is 11.4 Å². The van der Waals surface area contributed by atoms with Gasteiger partial charge in [-0.2, -0.15) is 10.5 Å². The maximum atomic E-state index is 11.4. The predicted molar refractivity (Wildman–Crippen MR) is 68.2 cm³/mol. The number of methoxy groups -OCH3 is 1. The molecule has 0 aliphatic heterocycles. The van der Waals surface area contributed by atoms with Gasteiger partial charge in [-0.1, -0.05) is 6.07 Å². The van der Waals surface area contributed by atoms with Crippen molar-refractivity contribution in [3.63, 3.8) is 0 Å². The van der Waals surface area contributed by atoms with Gasteiger partial charge in [-0.15, -0.1) is 0 Å². The Morgan fingerprint density at radius 1 is 1.32 bits per heavy atom. The summed E-state index contributed by atoms with van der Waals surface area (Å²) in [6.45, 7) is 1.41. The largest absolute Gasteiger partial charge is 0.375 e. The zero-order valence-corrected chi connectivity index (χ0v) is 11.3. The minimum absolute atomic E-state index is 0.196. The summed E-state index contributed by atoms with van der Waals surface area (Å²) in [5.74, 6) is 0. The Balaban J connectivity index is 3.36. The van der Waals surface area contributed by atoms with Crippen LogP contribution in [0, 0.1) is 22.7 Å². The molecule has 7 heteroatoms. The third-order valence-electron chi connectivity index (χ3n) is 2.81. The lowest BCUT2D eigenvalue weighted by atomic mass is 9.99. The van der Waals surface area contributed by atoms with E-state index in [0.717, 1.165) is 0 Å². The van der Waals surface area contributed by atoms with Gasteiger partial charge >= 0.3 is 0 Å². The van der Waals surface area contributed by atoms with E-state index in [1.165, 1.54) is 32.2 Å². The molecule has 0 aliphatic carbocycles. The summed E-state index contributed by atoms with van der Waals surface area (Å²) in [6, 6.07) is 8.23. The Morgan fingerprint density at radius 2 is 1.95 bits per heavy atom. The Morgan fingerprint density at radius 3 is 2.37 bits per heavy atom. The van der Waals surface area contributed by atoms with Gasteiger partial charge in [-0.3, -0.25) is 0 Å². The molecular formula is C12H13N3O3S. The van der Waals surface area contributed by atoms with E-state index in [2.05, 4.69) is 0 Å². The summed E-state index contributed by atoms with van der Waals surface area (Å²) in [7, 11) is -2.46. The van der Waals surface area contributed by atoms with Gasteiger partial charge in [-0.25, -0.2) is 13.6 Å². The molecule has 0 amide bonds. The van der Waals surface area contributed by atoms with Crippen molar-refractivity contribution in [3.05, 3.63) is 34.9 Å². The fourth-order valence-electron chi connectivity index (χ4n) is 1.71. The molecule has 1 aromatic carbocycles. The smallest absolute Gasteiger partial charge is 0.214 e. The van der Waals surface area contributed by atoms with E-state index < -0.39 is 21.4 Å². The first kappa shape index (κ1) is 15.1. The number of ether oxygens (including phenoxy) is 1. The Kier molecular flexibility index (Phi) is 4.62.